The van der Waals surface area contributed by atoms with Crippen molar-refractivity contribution in [3.63, 3.8) is 0 Å². The maximum Gasteiger partial charge on any atom is 0.0949 e. The van der Waals surface area contributed by atoms with Crippen molar-refractivity contribution in [1.29, 1.82) is 0 Å². The van der Waals surface area contributed by atoms with Crippen LogP contribution in [0.25, 0.3) is 0 Å². The molecule has 1 rings (SSSR count). The van der Waals surface area contributed by atoms with Gasteiger partial charge in [0.25, 0.3) is 0 Å². The summed E-state index contributed by atoms with van der Waals surface area (Å²) in [6, 6.07) is -0.171. The molecule has 1 fully saturated rings. The first-order valence-corrected chi connectivity index (χ1v) is 3.31. The fraction of sp³-hybridized carbons (Fsp3) is 1.00. The molecular formula is C6H13NO2. The van der Waals surface area contributed by atoms with Crippen LogP contribution in [0, 0.1) is 0 Å². The molecular weight excluding hydrogens is 118 g/mol. The highest BCUT2D eigenvalue weighted by Gasteiger charge is 2.31. The van der Waals surface area contributed by atoms with E-state index in [-0.39, 0.29) is 12.1 Å². The lowest BCUT2D eigenvalue weighted by molar-refractivity contribution is 0.0862. The molecule has 0 bridgehead atoms. The van der Waals surface area contributed by atoms with Crippen LogP contribution in [0.5, 0.6) is 0 Å². The number of hydrogen-bond acceptors (Lipinski definition) is 3. The van der Waals surface area contributed by atoms with Crippen molar-refractivity contribution in [3.05, 3.63) is 0 Å². The average molecular weight is 131 g/mol. The third kappa shape index (κ3) is 1.23. The maximum atomic E-state index is 9.05. The molecule has 1 aliphatic heterocycles. The first-order valence-electron chi connectivity index (χ1n) is 3.31. The van der Waals surface area contributed by atoms with E-state index >= 15 is 0 Å². The zero-order chi connectivity index (χ0) is 6.85. The summed E-state index contributed by atoms with van der Waals surface area (Å²) in [6.45, 7) is 2.40. The quantitative estimate of drug-likeness (QED) is 0.503. The Labute approximate surface area is 54.8 Å². The van der Waals surface area contributed by atoms with E-state index < -0.39 is 6.10 Å². The summed E-state index contributed by atoms with van der Waals surface area (Å²) >= 11 is 0. The van der Waals surface area contributed by atoms with Crippen LogP contribution in [0.4, 0.5) is 0 Å². The van der Waals surface area contributed by atoms with E-state index in [1.807, 2.05) is 6.92 Å². The molecule has 1 aliphatic rings. The number of rotatable bonds is 1. The highest BCUT2D eigenvalue weighted by atomic mass is 16.5. The van der Waals surface area contributed by atoms with Crippen LogP contribution < -0.4 is 5.73 Å². The minimum absolute atomic E-state index is 0.0694. The van der Waals surface area contributed by atoms with Crippen molar-refractivity contribution in [2.45, 2.75) is 31.6 Å². The second-order valence-electron chi connectivity index (χ2n) is 2.42. The van der Waals surface area contributed by atoms with Gasteiger partial charge in [-0.15, -0.1) is 0 Å². The number of hydrogen-bond donors (Lipinski definition) is 2. The molecule has 1 heterocycles. The van der Waals surface area contributed by atoms with Crippen molar-refractivity contribution in [1.82, 2.24) is 0 Å². The van der Waals surface area contributed by atoms with Crippen LogP contribution in [0.1, 0.15) is 13.3 Å². The van der Waals surface area contributed by atoms with Crippen LogP contribution in [0.15, 0.2) is 0 Å². The average Bonchev–Trinajstić information content (AvgIpc) is 2.15. The van der Waals surface area contributed by atoms with Gasteiger partial charge in [-0.05, 0) is 6.42 Å². The Morgan fingerprint density at radius 1 is 1.78 bits per heavy atom. The largest absolute Gasteiger partial charge is 0.389 e. The van der Waals surface area contributed by atoms with E-state index in [1.165, 1.54) is 0 Å². The molecule has 0 aromatic heterocycles. The smallest absolute Gasteiger partial charge is 0.0949 e. The zero-order valence-electron chi connectivity index (χ0n) is 5.58. The van der Waals surface area contributed by atoms with Gasteiger partial charge in [-0.25, -0.2) is 0 Å². The van der Waals surface area contributed by atoms with E-state index in [2.05, 4.69) is 0 Å². The molecule has 9 heavy (non-hydrogen) atoms. The normalized spacial score (nSPS) is 43.7. The zero-order valence-corrected chi connectivity index (χ0v) is 5.58. The topological polar surface area (TPSA) is 55.5 Å². The second-order valence-corrected chi connectivity index (χ2v) is 2.42. The predicted octanol–water partition coefficient (Wildman–Crippen LogP) is -0.517. The van der Waals surface area contributed by atoms with Gasteiger partial charge in [0.1, 0.15) is 0 Å². The molecule has 3 nitrogen and oxygen atoms in total. The molecule has 0 aromatic rings. The van der Waals surface area contributed by atoms with Crippen LogP contribution >= 0.6 is 0 Å². The lowest BCUT2D eigenvalue weighted by Gasteiger charge is -2.12. The molecule has 2 unspecified atom stereocenters. The van der Waals surface area contributed by atoms with Crippen LogP contribution in [-0.2, 0) is 4.74 Å². The van der Waals surface area contributed by atoms with Crippen LogP contribution in [0.2, 0.25) is 0 Å². The van der Waals surface area contributed by atoms with E-state index in [0.29, 0.717) is 6.61 Å². The van der Waals surface area contributed by atoms with Crippen molar-refractivity contribution in [2.24, 2.45) is 5.73 Å². The summed E-state index contributed by atoms with van der Waals surface area (Å²) in [5, 5.41) is 9.05. The van der Waals surface area contributed by atoms with Crippen molar-refractivity contribution in [2.75, 3.05) is 6.61 Å². The van der Waals surface area contributed by atoms with E-state index in [4.69, 9.17) is 15.6 Å². The van der Waals surface area contributed by atoms with Gasteiger partial charge < -0.3 is 15.6 Å². The van der Waals surface area contributed by atoms with Gasteiger partial charge in [-0.2, -0.15) is 0 Å². The van der Waals surface area contributed by atoms with Gasteiger partial charge in [0.15, 0.2) is 0 Å². The lowest BCUT2D eigenvalue weighted by Crippen LogP contribution is -2.38. The Kier molecular flexibility index (Phi) is 2.05. The molecule has 0 aromatic carbocycles. The molecule has 0 radical (unpaired) electrons. The van der Waals surface area contributed by atoms with Gasteiger partial charge >= 0.3 is 0 Å². The molecule has 0 saturated carbocycles. The van der Waals surface area contributed by atoms with E-state index in [0.717, 1.165) is 6.42 Å². The van der Waals surface area contributed by atoms with Crippen molar-refractivity contribution >= 4 is 0 Å². The minimum Gasteiger partial charge on any atom is -0.389 e. The van der Waals surface area contributed by atoms with E-state index in [9.17, 15) is 0 Å². The Hall–Kier alpha value is -0.120. The Morgan fingerprint density at radius 3 is 2.67 bits per heavy atom. The maximum absolute atomic E-state index is 9.05. The molecule has 3 atom stereocenters. The molecule has 3 heteroatoms. The fourth-order valence-corrected chi connectivity index (χ4v) is 1.08. The summed E-state index contributed by atoms with van der Waals surface area (Å²) < 4.78 is 5.15. The monoisotopic (exact) mass is 131 g/mol. The summed E-state index contributed by atoms with van der Waals surface area (Å²) in [5.41, 5.74) is 5.56. The highest BCUT2D eigenvalue weighted by Crippen LogP contribution is 2.14. The standard InChI is InChI=1S/C6H13NO2/c1-2-5-6(7)4(8)3-9-5/h4-6,8H,2-3,7H2,1H3/t4?,5-,6?/m0/s1. The molecule has 1 saturated heterocycles. The molecule has 0 spiro atoms. The Balaban J connectivity index is 2.41. The number of ether oxygens (including phenoxy) is 1. The predicted molar refractivity (Wildman–Crippen MR) is 34.0 cm³/mol. The van der Waals surface area contributed by atoms with Crippen molar-refractivity contribution < 1.29 is 9.84 Å². The lowest BCUT2D eigenvalue weighted by atomic mass is 10.1. The number of nitrogens with two attached hydrogens (primary N) is 1. The summed E-state index contributed by atoms with van der Waals surface area (Å²) in [4.78, 5) is 0. The minimum atomic E-state index is -0.449. The summed E-state index contributed by atoms with van der Waals surface area (Å²) in [7, 11) is 0. The number of aliphatic hydroxyl groups excluding tert-OH is 1. The third-order valence-electron chi connectivity index (χ3n) is 1.76. The molecule has 0 aliphatic carbocycles. The fourth-order valence-electron chi connectivity index (χ4n) is 1.08. The summed E-state index contributed by atoms with van der Waals surface area (Å²) in [5.74, 6) is 0. The van der Waals surface area contributed by atoms with Gasteiger partial charge in [0.2, 0.25) is 0 Å². The van der Waals surface area contributed by atoms with Gasteiger partial charge in [0.05, 0.1) is 24.9 Å². The van der Waals surface area contributed by atoms with Gasteiger partial charge in [-0.1, -0.05) is 6.92 Å². The summed E-state index contributed by atoms with van der Waals surface area (Å²) in [6.07, 6.45) is 0.507. The van der Waals surface area contributed by atoms with Crippen molar-refractivity contribution in [3.8, 4) is 0 Å². The second kappa shape index (κ2) is 2.64. The molecule has 0 amide bonds. The Morgan fingerprint density at radius 2 is 2.44 bits per heavy atom. The van der Waals surface area contributed by atoms with E-state index in [1.54, 1.807) is 0 Å². The van der Waals surface area contributed by atoms with Gasteiger partial charge in [-0.3, -0.25) is 0 Å². The first-order chi connectivity index (χ1) is 4.25. The first kappa shape index (κ1) is 6.99. The number of aliphatic hydroxyl groups is 1. The molecule has 3 N–H and O–H groups in total. The van der Waals surface area contributed by atoms with Crippen LogP contribution in [-0.4, -0.2) is 30.0 Å². The highest BCUT2D eigenvalue weighted by molar-refractivity contribution is 4.85. The SMILES string of the molecule is CC[C@@H]1OCC(O)C1N. The third-order valence-corrected chi connectivity index (χ3v) is 1.76. The Bertz CT molecular complexity index is 97.1. The van der Waals surface area contributed by atoms with Gasteiger partial charge in [0, 0.05) is 0 Å². The van der Waals surface area contributed by atoms with Crippen LogP contribution in [0.3, 0.4) is 0 Å². The molecule has 54 valence electrons.